The number of hydrazone groups is 1. The molecule has 0 saturated heterocycles. The molecule has 6 heteroatoms. The Labute approximate surface area is 164 Å². The molecule has 2 aromatic rings. The van der Waals surface area contributed by atoms with E-state index in [2.05, 4.69) is 16.6 Å². The molecule has 6 nitrogen and oxygen atoms in total. The number of nitrogens with one attached hydrogen (secondary N) is 1. The van der Waals surface area contributed by atoms with Gasteiger partial charge in [-0.25, -0.2) is 10.2 Å². The summed E-state index contributed by atoms with van der Waals surface area (Å²) in [6.07, 6.45) is 3.68. The minimum Gasteiger partial charge on any atom is -0.484 e. The zero-order chi connectivity index (χ0) is 19.8. The van der Waals surface area contributed by atoms with Gasteiger partial charge in [0.15, 0.2) is 6.61 Å². The third-order valence-corrected chi connectivity index (χ3v) is 4.40. The first kappa shape index (κ1) is 19.6. The number of benzene rings is 2. The fraction of sp³-hybridized carbons (Fsp3) is 0.318. The Bertz CT molecular complexity index is 859. The monoisotopic (exact) mass is 380 g/mol. The van der Waals surface area contributed by atoms with Gasteiger partial charge in [0.25, 0.3) is 5.91 Å². The van der Waals surface area contributed by atoms with Crippen molar-refractivity contribution in [2.45, 2.75) is 32.6 Å². The second kappa shape index (κ2) is 9.69. The van der Waals surface area contributed by atoms with Crippen LogP contribution in [0.4, 0.5) is 0 Å². The van der Waals surface area contributed by atoms with E-state index in [4.69, 9.17) is 9.47 Å². The molecule has 2 aromatic carbocycles. The van der Waals surface area contributed by atoms with Crippen molar-refractivity contribution in [3.05, 3.63) is 65.2 Å². The highest BCUT2D eigenvalue weighted by Crippen LogP contribution is 2.21. The molecular weight excluding hydrogens is 356 g/mol. The van der Waals surface area contributed by atoms with E-state index in [9.17, 15) is 9.59 Å². The van der Waals surface area contributed by atoms with E-state index in [1.54, 1.807) is 24.3 Å². The number of hydrogen-bond donors (Lipinski definition) is 1. The van der Waals surface area contributed by atoms with E-state index >= 15 is 0 Å². The standard InChI is InChI=1S/C22H24N2O4/c1-2-14-27-22(26)17-10-12-18(13-11-17)28-15-21(25)24-23-20-9-5-7-16-6-3-4-8-19(16)20/h3-4,6,8,10-13H,2,5,7,9,14-15H2,1H3,(H,24,25)/b23-20+. The number of fused-ring (bicyclic) bond motifs is 1. The first-order valence-electron chi connectivity index (χ1n) is 9.51. The van der Waals surface area contributed by atoms with Gasteiger partial charge in [-0.15, -0.1) is 0 Å². The molecule has 0 radical (unpaired) electrons. The van der Waals surface area contributed by atoms with Crippen LogP contribution in [0.15, 0.2) is 53.6 Å². The molecule has 0 fully saturated rings. The van der Waals surface area contributed by atoms with Crippen LogP contribution >= 0.6 is 0 Å². The minimum absolute atomic E-state index is 0.155. The van der Waals surface area contributed by atoms with Crippen LogP contribution in [0.1, 0.15) is 47.7 Å². The molecule has 28 heavy (non-hydrogen) atoms. The third-order valence-electron chi connectivity index (χ3n) is 4.40. The SMILES string of the molecule is CCCOC(=O)c1ccc(OCC(=O)N/N=C2\CCCc3ccccc32)cc1. The van der Waals surface area contributed by atoms with Gasteiger partial charge in [-0.05, 0) is 55.5 Å². The molecule has 0 bridgehead atoms. The van der Waals surface area contributed by atoms with Crippen LogP contribution in [-0.4, -0.2) is 30.8 Å². The van der Waals surface area contributed by atoms with Gasteiger partial charge in [0.1, 0.15) is 5.75 Å². The van der Waals surface area contributed by atoms with E-state index in [1.807, 2.05) is 25.1 Å². The lowest BCUT2D eigenvalue weighted by atomic mass is 9.90. The van der Waals surface area contributed by atoms with Gasteiger partial charge in [0.05, 0.1) is 17.9 Å². The Morgan fingerprint density at radius 3 is 2.64 bits per heavy atom. The Balaban J connectivity index is 1.50. The maximum atomic E-state index is 12.0. The molecule has 0 aliphatic heterocycles. The highest BCUT2D eigenvalue weighted by molar-refractivity contribution is 6.03. The number of aryl methyl sites for hydroxylation is 1. The maximum Gasteiger partial charge on any atom is 0.338 e. The summed E-state index contributed by atoms with van der Waals surface area (Å²) in [7, 11) is 0. The summed E-state index contributed by atoms with van der Waals surface area (Å²) in [6.45, 7) is 2.18. The van der Waals surface area contributed by atoms with Crippen LogP contribution in [0.2, 0.25) is 0 Å². The number of ether oxygens (including phenoxy) is 2. The van der Waals surface area contributed by atoms with Crippen LogP contribution in [0.3, 0.4) is 0 Å². The van der Waals surface area contributed by atoms with Crippen molar-refractivity contribution in [2.24, 2.45) is 5.10 Å². The van der Waals surface area contributed by atoms with Crippen molar-refractivity contribution in [1.29, 1.82) is 0 Å². The Morgan fingerprint density at radius 1 is 1.07 bits per heavy atom. The lowest BCUT2D eigenvalue weighted by Crippen LogP contribution is -2.27. The molecule has 1 N–H and O–H groups in total. The molecular formula is C22H24N2O4. The van der Waals surface area contributed by atoms with Crippen molar-refractivity contribution in [3.8, 4) is 5.75 Å². The van der Waals surface area contributed by atoms with E-state index in [-0.39, 0.29) is 18.5 Å². The number of carbonyl (C=O) groups is 2. The van der Waals surface area contributed by atoms with Crippen LogP contribution in [-0.2, 0) is 16.0 Å². The number of carbonyl (C=O) groups excluding carboxylic acids is 2. The summed E-state index contributed by atoms with van der Waals surface area (Å²) < 4.78 is 10.5. The number of hydrogen-bond acceptors (Lipinski definition) is 5. The quantitative estimate of drug-likeness (QED) is 0.589. The average Bonchev–Trinajstić information content (AvgIpc) is 2.74. The normalized spacial score (nSPS) is 14.2. The summed E-state index contributed by atoms with van der Waals surface area (Å²) in [6, 6.07) is 14.6. The zero-order valence-electron chi connectivity index (χ0n) is 15.9. The van der Waals surface area contributed by atoms with Gasteiger partial charge in [-0.1, -0.05) is 31.2 Å². The van der Waals surface area contributed by atoms with Gasteiger partial charge < -0.3 is 9.47 Å². The summed E-state index contributed by atoms with van der Waals surface area (Å²) in [5, 5.41) is 4.28. The van der Waals surface area contributed by atoms with Crippen LogP contribution in [0, 0.1) is 0 Å². The Morgan fingerprint density at radius 2 is 1.86 bits per heavy atom. The Hall–Kier alpha value is -3.15. The van der Waals surface area contributed by atoms with Crippen molar-refractivity contribution >= 4 is 17.6 Å². The second-order valence-electron chi connectivity index (χ2n) is 6.55. The molecule has 0 aromatic heterocycles. The number of esters is 1. The molecule has 1 aliphatic carbocycles. The molecule has 1 amide bonds. The average molecular weight is 380 g/mol. The van der Waals surface area contributed by atoms with Crippen molar-refractivity contribution in [1.82, 2.24) is 5.43 Å². The zero-order valence-corrected chi connectivity index (χ0v) is 15.9. The summed E-state index contributed by atoms with van der Waals surface area (Å²) in [4.78, 5) is 23.8. The predicted molar refractivity (Wildman–Crippen MR) is 107 cm³/mol. The number of nitrogens with zero attached hydrogens (tertiary/aromatic N) is 1. The highest BCUT2D eigenvalue weighted by atomic mass is 16.5. The van der Waals surface area contributed by atoms with Gasteiger partial charge in [-0.2, -0.15) is 5.10 Å². The van der Waals surface area contributed by atoms with Crippen LogP contribution in [0.5, 0.6) is 5.75 Å². The number of amides is 1. The molecule has 0 atom stereocenters. The van der Waals surface area contributed by atoms with Gasteiger partial charge in [0, 0.05) is 5.56 Å². The van der Waals surface area contributed by atoms with Gasteiger partial charge >= 0.3 is 5.97 Å². The second-order valence-corrected chi connectivity index (χ2v) is 6.55. The lowest BCUT2D eigenvalue weighted by molar-refractivity contribution is -0.123. The first-order chi connectivity index (χ1) is 13.7. The molecule has 1 aliphatic rings. The molecule has 146 valence electrons. The molecule has 0 spiro atoms. The summed E-state index contributed by atoms with van der Waals surface area (Å²) in [5.41, 5.74) is 6.27. The van der Waals surface area contributed by atoms with Crippen LogP contribution < -0.4 is 10.2 Å². The maximum absolute atomic E-state index is 12.0. The predicted octanol–water partition coefficient (Wildman–Crippen LogP) is 3.49. The first-order valence-corrected chi connectivity index (χ1v) is 9.51. The lowest BCUT2D eigenvalue weighted by Gasteiger charge is -2.17. The molecule has 0 heterocycles. The van der Waals surface area contributed by atoms with E-state index in [0.29, 0.717) is 17.9 Å². The smallest absolute Gasteiger partial charge is 0.338 e. The van der Waals surface area contributed by atoms with Gasteiger partial charge in [0.2, 0.25) is 0 Å². The van der Waals surface area contributed by atoms with Gasteiger partial charge in [-0.3, -0.25) is 4.79 Å². The van der Waals surface area contributed by atoms with E-state index < -0.39 is 0 Å². The topological polar surface area (TPSA) is 77.0 Å². The van der Waals surface area contributed by atoms with Crippen molar-refractivity contribution in [2.75, 3.05) is 13.2 Å². The van der Waals surface area contributed by atoms with Crippen molar-refractivity contribution in [3.63, 3.8) is 0 Å². The Kier molecular flexibility index (Phi) is 6.78. The number of rotatable bonds is 7. The van der Waals surface area contributed by atoms with E-state index in [0.717, 1.165) is 37.0 Å². The molecule has 3 rings (SSSR count). The minimum atomic E-state index is -0.366. The third kappa shape index (κ3) is 5.19. The fourth-order valence-corrected chi connectivity index (χ4v) is 2.99. The summed E-state index contributed by atoms with van der Waals surface area (Å²) in [5.74, 6) is -0.199. The largest absolute Gasteiger partial charge is 0.484 e. The van der Waals surface area contributed by atoms with Crippen LogP contribution in [0.25, 0.3) is 0 Å². The highest BCUT2D eigenvalue weighted by Gasteiger charge is 2.15. The molecule has 0 unspecified atom stereocenters. The fourth-order valence-electron chi connectivity index (χ4n) is 2.99. The summed E-state index contributed by atoms with van der Waals surface area (Å²) >= 11 is 0. The van der Waals surface area contributed by atoms with E-state index in [1.165, 1.54) is 5.56 Å². The van der Waals surface area contributed by atoms with Crippen molar-refractivity contribution < 1.29 is 19.1 Å². The molecule has 0 saturated carbocycles.